The first-order valence-electron chi connectivity index (χ1n) is 7.26. The standard InChI is InChI=1S/C17H19F2N3OS/c1-17(2,3)10-4-6-11(7-5-10)24-22-15-9-14(19)13(18)8-12(15)16(23)21-20/h4-9,22H,20H2,1-3H3,(H,21,23). The number of hydrogen-bond acceptors (Lipinski definition) is 4. The zero-order valence-electron chi connectivity index (χ0n) is 13.6. The molecule has 128 valence electrons. The van der Waals surface area contributed by atoms with E-state index in [1.54, 1.807) is 0 Å². The molecule has 0 saturated carbocycles. The van der Waals surface area contributed by atoms with Gasteiger partial charge in [-0.1, -0.05) is 32.9 Å². The van der Waals surface area contributed by atoms with Crippen LogP contribution in [0.25, 0.3) is 0 Å². The quantitative estimate of drug-likeness (QED) is 0.337. The van der Waals surface area contributed by atoms with Crippen LogP contribution in [0, 0.1) is 11.6 Å². The molecule has 0 aliphatic heterocycles. The van der Waals surface area contributed by atoms with E-state index in [0.717, 1.165) is 17.0 Å². The van der Waals surface area contributed by atoms with Gasteiger partial charge in [-0.15, -0.1) is 0 Å². The van der Waals surface area contributed by atoms with Crippen LogP contribution in [0.1, 0.15) is 36.7 Å². The molecule has 0 bridgehead atoms. The number of nitrogens with one attached hydrogen (secondary N) is 2. The van der Waals surface area contributed by atoms with Crippen LogP contribution >= 0.6 is 11.9 Å². The maximum Gasteiger partial charge on any atom is 0.267 e. The van der Waals surface area contributed by atoms with E-state index < -0.39 is 17.5 Å². The number of benzene rings is 2. The van der Waals surface area contributed by atoms with Gasteiger partial charge in [-0.05, 0) is 41.1 Å². The second-order valence-electron chi connectivity index (χ2n) is 6.26. The van der Waals surface area contributed by atoms with Gasteiger partial charge in [0.1, 0.15) is 0 Å². The molecular formula is C17H19F2N3OS. The van der Waals surface area contributed by atoms with E-state index in [4.69, 9.17) is 5.84 Å². The van der Waals surface area contributed by atoms with E-state index in [0.29, 0.717) is 0 Å². The number of hydrogen-bond donors (Lipinski definition) is 3. The summed E-state index contributed by atoms with van der Waals surface area (Å²) in [5, 5.41) is 0. The number of rotatable bonds is 4. The van der Waals surface area contributed by atoms with Gasteiger partial charge in [0.25, 0.3) is 5.91 Å². The van der Waals surface area contributed by atoms with E-state index in [1.807, 2.05) is 29.7 Å². The molecule has 2 aromatic rings. The highest BCUT2D eigenvalue weighted by Crippen LogP contribution is 2.28. The molecule has 0 heterocycles. The second-order valence-corrected chi connectivity index (χ2v) is 7.14. The molecule has 7 heteroatoms. The average molecular weight is 351 g/mol. The highest BCUT2D eigenvalue weighted by atomic mass is 32.2. The summed E-state index contributed by atoms with van der Waals surface area (Å²) in [6.07, 6.45) is 0. The molecule has 0 aliphatic rings. The van der Waals surface area contributed by atoms with Crippen LogP contribution in [0.5, 0.6) is 0 Å². The lowest BCUT2D eigenvalue weighted by Gasteiger charge is -2.19. The summed E-state index contributed by atoms with van der Waals surface area (Å²) in [5.74, 6) is 2.21. The van der Waals surface area contributed by atoms with Crippen LogP contribution in [-0.2, 0) is 5.41 Å². The van der Waals surface area contributed by atoms with Gasteiger partial charge in [-0.3, -0.25) is 10.2 Å². The first-order chi connectivity index (χ1) is 11.2. The summed E-state index contributed by atoms with van der Waals surface area (Å²) < 4.78 is 29.7. The molecule has 1 amide bonds. The summed E-state index contributed by atoms with van der Waals surface area (Å²) in [4.78, 5) is 12.6. The summed E-state index contributed by atoms with van der Waals surface area (Å²) >= 11 is 1.19. The van der Waals surface area contributed by atoms with Crippen molar-refractivity contribution < 1.29 is 13.6 Å². The van der Waals surface area contributed by atoms with Crippen molar-refractivity contribution >= 4 is 23.5 Å². The number of halogens is 2. The normalized spacial score (nSPS) is 11.2. The Morgan fingerprint density at radius 2 is 1.67 bits per heavy atom. The third-order valence-electron chi connectivity index (χ3n) is 3.44. The molecule has 0 atom stereocenters. The van der Waals surface area contributed by atoms with E-state index in [2.05, 4.69) is 25.5 Å². The molecule has 0 radical (unpaired) electrons. The number of amides is 1. The number of anilines is 1. The summed E-state index contributed by atoms with van der Waals surface area (Å²) in [6.45, 7) is 6.35. The van der Waals surface area contributed by atoms with Gasteiger partial charge in [0, 0.05) is 11.0 Å². The Labute approximate surface area is 143 Å². The van der Waals surface area contributed by atoms with E-state index in [9.17, 15) is 13.6 Å². The predicted molar refractivity (Wildman–Crippen MR) is 92.6 cm³/mol. The number of hydrazine groups is 1. The van der Waals surface area contributed by atoms with Crippen molar-refractivity contribution in [3.63, 3.8) is 0 Å². The van der Waals surface area contributed by atoms with Gasteiger partial charge in [-0.2, -0.15) is 0 Å². The van der Waals surface area contributed by atoms with Gasteiger partial charge in [-0.25, -0.2) is 14.6 Å². The summed E-state index contributed by atoms with van der Waals surface area (Å²) in [6, 6.07) is 9.58. The van der Waals surface area contributed by atoms with Crippen LogP contribution in [0.4, 0.5) is 14.5 Å². The zero-order valence-corrected chi connectivity index (χ0v) is 14.4. The van der Waals surface area contributed by atoms with E-state index in [-0.39, 0.29) is 16.7 Å². The van der Waals surface area contributed by atoms with Gasteiger partial charge >= 0.3 is 0 Å². The number of carbonyl (C=O) groups is 1. The van der Waals surface area contributed by atoms with Crippen LogP contribution in [0.15, 0.2) is 41.3 Å². The van der Waals surface area contributed by atoms with Crippen molar-refractivity contribution in [3.8, 4) is 0 Å². The van der Waals surface area contributed by atoms with Crippen LogP contribution < -0.4 is 16.0 Å². The molecule has 4 N–H and O–H groups in total. The molecule has 24 heavy (non-hydrogen) atoms. The minimum absolute atomic E-state index is 0.0447. The molecule has 0 aromatic heterocycles. The monoisotopic (exact) mass is 351 g/mol. The Hall–Kier alpha value is -2.12. The molecule has 0 fully saturated rings. The fourth-order valence-corrected chi connectivity index (χ4v) is 2.70. The second kappa shape index (κ2) is 7.19. The lowest BCUT2D eigenvalue weighted by Crippen LogP contribution is -2.30. The Kier molecular flexibility index (Phi) is 5.46. The number of nitrogen functional groups attached to an aromatic ring is 1. The van der Waals surface area contributed by atoms with Gasteiger partial charge in [0.2, 0.25) is 0 Å². The first kappa shape index (κ1) is 18.2. The van der Waals surface area contributed by atoms with E-state index in [1.165, 1.54) is 17.5 Å². The van der Waals surface area contributed by atoms with Crippen molar-refractivity contribution in [1.82, 2.24) is 5.43 Å². The fourth-order valence-electron chi connectivity index (χ4n) is 2.03. The third kappa shape index (κ3) is 4.24. The fraction of sp³-hybridized carbons (Fsp3) is 0.235. The lowest BCUT2D eigenvalue weighted by molar-refractivity contribution is 0.0954. The Bertz CT molecular complexity index is 743. The molecule has 4 nitrogen and oxygen atoms in total. The Morgan fingerprint density at radius 1 is 1.08 bits per heavy atom. The third-order valence-corrected chi connectivity index (χ3v) is 4.27. The summed E-state index contributed by atoms with van der Waals surface area (Å²) in [7, 11) is 0. The zero-order chi connectivity index (χ0) is 17.9. The highest BCUT2D eigenvalue weighted by molar-refractivity contribution is 8.00. The maximum absolute atomic E-state index is 13.4. The molecule has 0 unspecified atom stereocenters. The van der Waals surface area contributed by atoms with Gasteiger partial charge in [0.15, 0.2) is 11.6 Å². The van der Waals surface area contributed by atoms with Crippen molar-refractivity contribution in [2.75, 3.05) is 4.72 Å². The Morgan fingerprint density at radius 3 is 2.21 bits per heavy atom. The van der Waals surface area contributed by atoms with Gasteiger partial charge < -0.3 is 4.72 Å². The topological polar surface area (TPSA) is 67.2 Å². The molecule has 2 aromatic carbocycles. The van der Waals surface area contributed by atoms with Crippen LogP contribution in [-0.4, -0.2) is 5.91 Å². The van der Waals surface area contributed by atoms with Crippen molar-refractivity contribution in [1.29, 1.82) is 0 Å². The molecular weight excluding hydrogens is 332 g/mol. The molecule has 0 spiro atoms. The average Bonchev–Trinajstić information content (AvgIpc) is 2.54. The maximum atomic E-state index is 13.4. The largest absolute Gasteiger partial charge is 0.325 e. The van der Waals surface area contributed by atoms with Crippen LogP contribution in [0.3, 0.4) is 0 Å². The smallest absolute Gasteiger partial charge is 0.267 e. The van der Waals surface area contributed by atoms with Crippen LogP contribution in [0.2, 0.25) is 0 Å². The number of nitrogens with two attached hydrogens (primary N) is 1. The van der Waals surface area contributed by atoms with Crippen molar-refractivity contribution in [2.24, 2.45) is 5.84 Å². The molecule has 2 rings (SSSR count). The number of carbonyl (C=O) groups excluding carboxylic acids is 1. The summed E-state index contributed by atoms with van der Waals surface area (Å²) in [5.41, 5.74) is 3.21. The Balaban J connectivity index is 2.20. The predicted octanol–water partition coefficient (Wildman–Crippen LogP) is 3.99. The lowest BCUT2D eigenvalue weighted by atomic mass is 9.87. The van der Waals surface area contributed by atoms with Gasteiger partial charge in [0.05, 0.1) is 11.3 Å². The first-order valence-corrected chi connectivity index (χ1v) is 8.07. The highest BCUT2D eigenvalue weighted by Gasteiger charge is 2.16. The molecule has 0 saturated heterocycles. The SMILES string of the molecule is CC(C)(C)c1ccc(SNc2cc(F)c(F)cc2C(=O)NN)cc1. The minimum atomic E-state index is -1.11. The van der Waals surface area contributed by atoms with E-state index >= 15 is 0 Å². The minimum Gasteiger partial charge on any atom is -0.325 e. The molecule has 0 aliphatic carbocycles. The van der Waals surface area contributed by atoms with Crippen molar-refractivity contribution in [2.45, 2.75) is 31.1 Å². The van der Waals surface area contributed by atoms with Crippen molar-refractivity contribution in [3.05, 3.63) is 59.2 Å².